The van der Waals surface area contributed by atoms with Crippen molar-refractivity contribution in [3.63, 3.8) is 0 Å². The van der Waals surface area contributed by atoms with Crippen LogP contribution in [0, 0.1) is 11.7 Å². The van der Waals surface area contributed by atoms with Gasteiger partial charge in [0.05, 0.1) is 19.7 Å². The van der Waals surface area contributed by atoms with Crippen LogP contribution in [-0.2, 0) is 16.1 Å². The van der Waals surface area contributed by atoms with Crippen LogP contribution in [0.1, 0.15) is 12.0 Å². The summed E-state index contributed by atoms with van der Waals surface area (Å²) in [6.45, 7) is 2.74. The largest absolute Gasteiger partial charge is 0.381 e. The molecule has 1 unspecified atom stereocenters. The first-order valence-corrected chi connectivity index (χ1v) is 8.09. The summed E-state index contributed by atoms with van der Waals surface area (Å²) in [4.78, 5) is 17.7. The van der Waals surface area contributed by atoms with Crippen molar-refractivity contribution in [2.24, 2.45) is 10.9 Å². The molecule has 25 heavy (non-hydrogen) atoms. The minimum absolute atomic E-state index is 0. The van der Waals surface area contributed by atoms with Crippen molar-refractivity contribution in [3.05, 3.63) is 35.6 Å². The molecule has 8 heteroatoms. The number of benzene rings is 1. The van der Waals surface area contributed by atoms with Crippen LogP contribution in [0.5, 0.6) is 0 Å². The summed E-state index contributed by atoms with van der Waals surface area (Å²) >= 11 is 0. The second-order valence-corrected chi connectivity index (χ2v) is 6.05. The van der Waals surface area contributed by atoms with E-state index >= 15 is 0 Å². The molecule has 1 fully saturated rings. The Labute approximate surface area is 165 Å². The third-order valence-electron chi connectivity index (χ3n) is 3.80. The highest BCUT2D eigenvalue weighted by Gasteiger charge is 2.16. The van der Waals surface area contributed by atoms with E-state index in [1.54, 1.807) is 20.2 Å². The van der Waals surface area contributed by atoms with Crippen LogP contribution in [-0.4, -0.2) is 57.2 Å². The average molecular weight is 464 g/mol. The van der Waals surface area contributed by atoms with Crippen LogP contribution in [0.3, 0.4) is 0 Å². The SMILES string of the molecule is CN(C)C(=O)CNC(=NCc1cccc(F)c1)NCC1CCOC1.I. The van der Waals surface area contributed by atoms with Gasteiger partial charge in [-0.1, -0.05) is 12.1 Å². The quantitative estimate of drug-likeness (QED) is 0.382. The maximum Gasteiger partial charge on any atom is 0.241 e. The smallest absolute Gasteiger partial charge is 0.241 e. The number of amides is 1. The number of nitrogens with zero attached hydrogens (tertiary/aromatic N) is 2. The third-order valence-corrected chi connectivity index (χ3v) is 3.80. The molecule has 0 radical (unpaired) electrons. The number of likely N-dealkylation sites (N-methyl/N-ethyl adjacent to an activating group) is 1. The molecule has 0 aromatic heterocycles. The zero-order valence-corrected chi connectivity index (χ0v) is 17.0. The van der Waals surface area contributed by atoms with Gasteiger partial charge in [-0.3, -0.25) is 4.79 Å². The Morgan fingerprint density at radius 2 is 2.20 bits per heavy atom. The number of carbonyl (C=O) groups excluding carboxylic acids is 1. The molecule has 140 valence electrons. The Bertz CT molecular complexity index is 578. The first-order chi connectivity index (χ1) is 11.5. The molecule has 1 aliphatic heterocycles. The standard InChI is InChI=1S/C17H25FN4O2.HI/c1-22(2)16(23)11-21-17(20-10-14-6-7-24-12-14)19-9-13-4-3-5-15(18)8-13;/h3-5,8,14H,6-7,9-12H2,1-2H3,(H2,19,20,21);1H. The van der Waals surface area contributed by atoms with E-state index in [4.69, 9.17) is 4.74 Å². The molecule has 2 N–H and O–H groups in total. The zero-order valence-electron chi connectivity index (χ0n) is 14.6. The molecule has 0 aliphatic carbocycles. The molecule has 1 atom stereocenters. The summed E-state index contributed by atoms with van der Waals surface area (Å²) < 4.78 is 18.6. The van der Waals surface area contributed by atoms with Crippen LogP contribution in [0.4, 0.5) is 4.39 Å². The number of ether oxygens (including phenoxy) is 1. The number of carbonyl (C=O) groups is 1. The zero-order chi connectivity index (χ0) is 17.4. The van der Waals surface area contributed by atoms with Crippen LogP contribution in [0.25, 0.3) is 0 Å². The van der Waals surface area contributed by atoms with E-state index in [0.29, 0.717) is 18.4 Å². The normalized spacial score (nSPS) is 16.9. The van der Waals surface area contributed by atoms with Crippen molar-refractivity contribution in [2.75, 3.05) is 40.4 Å². The lowest BCUT2D eigenvalue weighted by molar-refractivity contribution is -0.127. The van der Waals surface area contributed by atoms with Crippen molar-refractivity contribution in [1.82, 2.24) is 15.5 Å². The Kier molecular flexibility index (Phi) is 9.73. The van der Waals surface area contributed by atoms with Gasteiger partial charge in [-0.15, -0.1) is 24.0 Å². The summed E-state index contributed by atoms with van der Waals surface area (Å²) in [5.74, 6) is 0.660. The number of hydrogen-bond donors (Lipinski definition) is 2. The van der Waals surface area contributed by atoms with Crippen molar-refractivity contribution in [3.8, 4) is 0 Å². The summed E-state index contributed by atoms with van der Waals surface area (Å²) in [6.07, 6.45) is 1.01. The lowest BCUT2D eigenvalue weighted by Crippen LogP contribution is -2.44. The highest BCUT2D eigenvalue weighted by atomic mass is 127. The van der Waals surface area contributed by atoms with Gasteiger partial charge in [0, 0.05) is 33.2 Å². The third kappa shape index (κ3) is 8.00. The first kappa shape index (κ1) is 21.6. The molecule has 2 rings (SSSR count). The van der Waals surface area contributed by atoms with Crippen LogP contribution < -0.4 is 10.6 Å². The molecular formula is C17H26FIN4O2. The van der Waals surface area contributed by atoms with Crippen molar-refractivity contribution in [1.29, 1.82) is 0 Å². The van der Waals surface area contributed by atoms with E-state index in [2.05, 4.69) is 15.6 Å². The van der Waals surface area contributed by atoms with E-state index in [1.165, 1.54) is 17.0 Å². The van der Waals surface area contributed by atoms with Gasteiger partial charge in [0.15, 0.2) is 5.96 Å². The maximum absolute atomic E-state index is 13.2. The Morgan fingerprint density at radius 3 is 2.84 bits per heavy atom. The molecule has 0 bridgehead atoms. The summed E-state index contributed by atoms with van der Waals surface area (Å²) in [7, 11) is 3.41. The predicted octanol–water partition coefficient (Wildman–Crippen LogP) is 1.60. The fourth-order valence-electron chi connectivity index (χ4n) is 2.28. The average Bonchev–Trinajstić information content (AvgIpc) is 3.07. The van der Waals surface area contributed by atoms with Gasteiger partial charge in [-0.2, -0.15) is 0 Å². The molecule has 1 aromatic rings. The molecule has 0 saturated carbocycles. The van der Waals surface area contributed by atoms with Gasteiger partial charge in [-0.25, -0.2) is 9.38 Å². The second-order valence-electron chi connectivity index (χ2n) is 6.05. The van der Waals surface area contributed by atoms with Gasteiger partial charge in [0.25, 0.3) is 0 Å². The molecule has 6 nitrogen and oxygen atoms in total. The fourth-order valence-corrected chi connectivity index (χ4v) is 2.28. The Balaban J connectivity index is 0.00000312. The highest BCUT2D eigenvalue weighted by molar-refractivity contribution is 14.0. The second kappa shape index (κ2) is 11.2. The molecule has 1 heterocycles. The van der Waals surface area contributed by atoms with E-state index in [0.717, 1.165) is 31.7 Å². The molecular weight excluding hydrogens is 438 g/mol. The molecule has 0 spiro atoms. The van der Waals surface area contributed by atoms with E-state index in [-0.39, 0.29) is 42.2 Å². The van der Waals surface area contributed by atoms with Gasteiger partial charge in [0.1, 0.15) is 5.82 Å². The highest BCUT2D eigenvalue weighted by Crippen LogP contribution is 2.10. The van der Waals surface area contributed by atoms with Gasteiger partial charge in [-0.05, 0) is 24.1 Å². The fraction of sp³-hybridized carbons (Fsp3) is 0.529. The number of hydrogen-bond acceptors (Lipinski definition) is 3. The summed E-state index contributed by atoms with van der Waals surface area (Å²) in [6, 6.07) is 6.34. The maximum atomic E-state index is 13.2. The number of rotatable bonds is 6. The number of halogens is 2. The molecule has 1 aromatic carbocycles. The minimum atomic E-state index is -0.281. The number of guanidine groups is 1. The van der Waals surface area contributed by atoms with E-state index < -0.39 is 0 Å². The Morgan fingerprint density at radius 1 is 1.40 bits per heavy atom. The van der Waals surface area contributed by atoms with Crippen LogP contribution in [0.15, 0.2) is 29.3 Å². The van der Waals surface area contributed by atoms with Crippen LogP contribution >= 0.6 is 24.0 Å². The monoisotopic (exact) mass is 464 g/mol. The van der Waals surface area contributed by atoms with Gasteiger partial charge in [0.2, 0.25) is 5.91 Å². The summed E-state index contributed by atoms with van der Waals surface area (Å²) in [5.41, 5.74) is 0.777. The van der Waals surface area contributed by atoms with E-state index in [1.807, 2.05) is 6.07 Å². The predicted molar refractivity (Wildman–Crippen MR) is 107 cm³/mol. The number of aliphatic imine (C=N–C) groups is 1. The molecule has 1 saturated heterocycles. The summed E-state index contributed by atoms with van der Waals surface area (Å²) in [5, 5.41) is 6.26. The van der Waals surface area contributed by atoms with Crippen molar-refractivity contribution < 1.29 is 13.9 Å². The lowest BCUT2D eigenvalue weighted by atomic mass is 10.1. The first-order valence-electron chi connectivity index (χ1n) is 8.09. The van der Waals surface area contributed by atoms with Crippen LogP contribution in [0.2, 0.25) is 0 Å². The van der Waals surface area contributed by atoms with Gasteiger partial charge < -0.3 is 20.3 Å². The van der Waals surface area contributed by atoms with Crippen molar-refractivity contribution >= 4 is 35.8 Å². The topological polar surface area (TPSA) is 66.0 Å². The Hall–Kier alpha value is -1.42. The molecule has 1 aliphatic rings. The van der Waals surface area contributed by atoms with E-state index in [9.17, 15) is 9.18 Å². The van der Waals surface area contributed by atoms with Gasteiger partial charge >= 0.3 is 0 Å². The minimum Gasteiger partial charge on any atom is -0.381 e. The number of nitrogens with one attached hydrogen (secondary N) is 2. The van der Waals surface area contributed by atoms with Crippen molar-refractivity contribution in [2.45, 2.75) is 13.0 Å². The molecule has 1 amide bonds. The lowest BCUT2D eigenvalue weighted by Gasteiger charge is -2.16.